The third-order valence-corrected chi connectivity index (χ3v) is 3.61. The molecule has 3 nitrogen and oxygen atoms in total. The Labute approximate surface area is 121 Å². The van der Waals surface area contributed by atoms with Crippen LogP contribution in [0.15, 0.2) is 34.8 Å². The summed E-state index contributed by atoms with van der Waals surface area (Å²) in [5, 5.41) is 1.94. The van der Waals surface area contributed by atoms with Crippen LogP contribution in [0.1, 0.15) is 10.4 Å². The van der Waals surface area contributed by atoms with Gasteiger partial charge >= 0.3 is 5.97 Å². The molecule has 94 valence electrons. The maximum absolute atomic E-state index is 11.6. The molecule has 0 aromatic heterocycles. The summed E-state index contributed by atoms with van der Waals surface area (Å²) in [6, 6.07) is 9.16. The third kappa shape index (κ3) is 2.52. The topological polar surface area (TPSA) is 35.5 Å². The van der Waals surface area contributed by atoms with Crippen molar-refractivity contribution in [1.82, 2.24) is 0 Å². The van der Waals surface area contributed by atoms with Gasteiger partial charge in [-0.25, -0.2) is 4.79 Å². The van der Waals surface area contributed by atoms with Gasteiger partial charge in [0, 0.05) is 0 Å². The van der Waals surface area contributed by atoms with Gasteiger partial charge < -0.3 is 9.47 Å². The van der Waals surface area contributed by atoms with Gasteiger partial charge in [0.2, 0.25) is 0 Å². The summed E-state index contributed by atoms with van der Waals surface area (Å²) in [5.41, 5.74) is 0.718. The molecule has 5 heteroatoms. The monoisotopic (exact) mass is 372 g/mol. The second-order valence-corrected chi connectivity index (χ2v) is 4.81. The Kier molecular flexibility index (Phi) is 4.24. The summed E-state index contributed by atoms with van der Waals surface area (Å²) in [4.78, 5) is 11.6. The smallest absolute Gasteiger partial charge is 0.338 e. The molecule has 0 heterocycles. The Hall–Kier alpha value is -1.07. The lowest BCUT2D eigenvalue weighted by Gasteiger charge is -2.08. The number of esters is 1. The maximum Gasteiger partial charge on any atom is 0.338 e. The minimum atomic E-state index is -0.347. The summed E-state index contributed by atoms with van der Waals surface area (Å²) in [7, 11) is 1.62. The first-order valence-corrected chi connectivity index (χ1v) is 7.08. The number of hydrogen-bond donors (Lipinski definition) is 0. The highest BCUT2D eigenvalue weighted by molar-refractivity contribution is 9.10. The number of ether oxygens (including phenoxy) is 2. The van der Waals surface area contributed by atoms with Gasteiger partial charge in [0.25, 0.3) is 0 Å². The molecule has 2 rings (SSSR count). The zero-order chi connectivity index (χ0) is 13.1. The van der Waals surface area contributed by atoms with Crippen LogP contribution in [0, 0.1) is 0 Å². The van der Waals surface area contributed by atoms with E-state index in [1.807, 2.05) is 18.2 Å². The van der Waals surface area contributed by atoms with Gasteiger partial charge in [0.05, 0.1) is 17.1 Å². The van der Waals surface area contributed by atoms with Gasteiger partial charge in [-0.2, -0.15) is 0 Å². The molecule has 0 aliphatic heterocycles. The van der Waals surface area contributed by atoms with Gasteiger partial charge in [0.1, 0.15) is 11.3 Å². The van der Waals surface area contributed by atoms with Crippen molar-refractivity contribution in [2.24, 2.45) is 0 Å². The number of benzene rings is 2. The van der Waals surface area contributed by atoms with Crippen LogP contribution in [0.4, 0.5) is 0 Å². The van der Waals surface area contributed by atoms with Crippen LogP contribution in [0.25, 0.3) is 10.8 Å². The fourth-order valence-corrected chi connectivity index (χ4v) is 2.55. The molecule has 0 radical (unpaired) electrons. The molecule has 0 bridgehead atoms. The van der Waals surface area contributed by atoms with Crippen molar-refractivity contribution in [2.45, 2.75) is 0 Å². The number of carbonyl (C=O) groups is 1. The molecule has 0 fully saturated rings. The summed E-state index contributed by atoms with van der Waals surface area (Å²) >= 11 is 6.55. The average molecular weight is 374 g/mol. The summed E-state index contributed by atoms with van der Waals surface area (Å²) in [5.74, 6) is 0.416. The lowest BCUT2D eigenvalue weighted by atomic mass is 10.1. The first-order chi connectivity index (χ1) is 8.67. The highest BCUT2D eigenvalue weighted by Crippen LogP contribution is 2.33. The van der Waals surface area contributed by atoms with Gasteiger partial charge in [-0.3, -0.25) is 0 Å². The van der Waals surface area contributed by atoms with E-state index in [1.165, 1.54) is 0 Å². The van der Waals surface area contributed by atoms with Crippen molar-refractivity contribution in [1.29, 1.82) is 0 Å². The largest absolute Gasteiger partial charge is 0.496 e. The summed E-state index contributed by atoms with van der Waals surface area (Å²) in [6.45, 7) is 0. The van der Waals surface area contributed by atoms with E-state index < -0.39 is 0 Å². The zero-order valence-electron chi connectivity index (χ0n) is 9.57. The predicted octanol–water partition coefficient (Wildman–Crippen LogP) is 4.12. The minimum absolute atomic E-state index is 0.191. The average Bonchev–Trinajstić information content (AvgIpc) is 2.39. The van der Waals surface area contributed by atoms with Crippen LogP contribution in [0.3, 0.4) is 0 Å². The molecular formula is C13H10Br2O3. The van der Waals surface area contributed by atoms with Crippen molar-refractivity contribution >= 4 is 48.6 Å². The van der Waals surface area contributed by atoms with E-state index in [9.17, 15) is 4.79 Å². The Bertz CT molecular complexity index is 596. The van der Waals surface area contributed by atoms with E-state index in [4.69, 9.17) is 9.47 Å². The third-order valence-electron chi connectivity index (χ3n) is 2.56. The van der Waals surface area contributed by atoms with Crippen LogP contribution in [-0.2, 0) is 4.74 Å². The molecule has 0 atom stereocenters. The first kappa shape index (κ1) is 13.4. The SMILES string of the molecule is COc1ccc2cc(C(=O)OCBr)ccc2c1Br. The van der Waals surface area contributed by atoms with Gasteiger partial charge in [-0.15, -0.1) is 0 Å². The molecule has 0 aliphatic carbocycles. The lowest BCUT2D eigenvalue weighted by Crippen LogP contribution is -2.03. The van der Waals surface area contributed by atoms with E-state index in [-0.39, 0.29) is 11.5 Å². The molecule has 0 saturated heterocycles. The molecule has 0 unspecified atom stereocenters. The Morgan fingerprint density at radius 1 is 1.28 bits per heavy atom. The Morgan fingerprint density at radius 2 is 2.06 bits per heavy atom. The van der Waals surface area contributed by atoms with Crippen LogP contribution >= 0.6 is 31.9 Å². The van der Waals surface area contributed by atoms with E-state index in [2.05, 4.69) is 31.9 Å². The van der Waals surface area contributed by atoms with Crippen LogP contribution in [-0.4, -0.2) is 18.6 Å². The maximum atomic E-state index is 11.6. The Balaban J connectivity index is 2.50. The van der Waals surface area contributed by atoms with E-state index in [0.29, 0.717) is 5.56 Å². The fraction of sp³-hybridized carbons (Fsp3) is 0.154. The van der Waals surface area contributed by atoms with E-state index in [0.717, 1.165) is 21.0 Å². The van der Waals surface area contributed by atoms with Crippen molar-refractivity contribution in [3.63, 3.8) is 0 Å². The van der Waals surface area contributed by atoms with Crippen molar-refractivity contribution in [3.05, 3.63) is 40.4 Å². The molecule has 18 heavy (non-hydrogen) atoms. The number of carbonyl (C=O) groups excluding carboxylic acids is 1. The zero-order valence-corrected chi connectivity index (χ0v) is 12.7. The highest BCUT2D eigenvalue weighted by atomic mass is 79.9. The molecular weight excluding hydrogens is 364 g/mol. The normalized spacial score (nSPS) is 10.4. The van der Waals surface area contributed by atoms with E-state index in [1.54, 1.807) is 19.2 Å². The quantitative estimate of drug-likeness (QED) is 0.599. The molecule has 0 spiro atoms. The first-order valence-electron chi connectivity index (χ1n) is 5.16. The van der Waals surface area contributed by atoms with Crippen molar-refractivity contribution < 1.29 is 14.3 Å². The number of methoxy groups -OCH3 is 1. The fourth-order valence-electron chi connectivity index (χ4n) is 1.69. The van der Waals surface area contributed by atoms with Gasteiger partial charge in [0.15, 0.2) is 0 Å². The second-order valence-electron chi connectivity index (χ2n) is 3.56. The molecule has 2 aromatic carbocycles. The standard InChI is InChI=1S/C13H10Br2O3/c1-17-11-5-3-8-6-9(13(16)18-7-14)2-4-10(8)12(11)15/h2-6H,7H2,1H3. The number of fused-ring (bicyclic) bond motifs is 1. The van der Waals surface area contributed by atoms with Crippen LogP contribution < -0.4 is 4.74 Å². The Morgan fingerprint density at radius 3 is 2.72 bits per heavy atom. The molecule has 0 saturated carbocycles. The predicted molar refractivity (Wildman–Crippen MR) is 77.4 cm³/mol. The second kappa shape index (κ2) is 5.71. The number of alkyl halides is 1. The lowest BCUT2D eigenvalue weighted by molar-refractivity contribution is 0.0584. The summed E-state index contributed by atoms with van der Waals surface area (Å²) in [6.07, 6.45) is 0. The van der Waals surface area contributed by atoms with Gasteiger partial charge in [-0.1, -0.05) is 12.1 Å². The highest BCUT2D eigenvalue weighted by Gasteiger charge is 2.10. The van der Waals surface area contributed by atoms with Crippen molar-refractivity contribution in [2.75, 3.05) is 12.6 Å². The van der Waals surface area contributed by atoms with Crippen LogP contribution in [0.2, 0.25) is 0 Å². The molecule has 0 amide bonds. The minimum Gasteiger partial charge on any atom is -0.496 e. The number of rotatable bonds is 3. The van der Waals surface area contributed by atoms with Gasteiger partial charge in [-0.05, 0) is 60.8 Å². The molecule has 2 aromatic rings. The van der Waals surface area contributed by atoms with E-state index >= 15 is 0 Å². The van der Waals surface area contributed by atoms with Crippen LogP contribution in [0.5, 0.6) is 5.75 Å². The number of halogens is 2. The number of hydrogen-bond acceptors (Lipinski definition) is 3. The molecule has 0 aliphatic rings. The molecule has 0 N–H and O–H groups in total. The van der Waals surface area contributed by atoms with Crippen molar-refractivity contribution in [3.8, 4) is 5.75 Å². The summed E-state index contributed by atoms with van der Waals surface area (Å²) < 4.78 is 11.0.